The zero-order chi connectivity index (χ0) is 22.1. The van der Waals surface area contributed by atoms with E-state index in [9.17, 15) is 9.59 Å². The smallest absolute Gasteiger partial charge is 0.328 e. The number of nitrogens with one attached hydrogen (secondary N) is 1. The van der Waals surface area contributed by atoms with E-state index in [-0.39, 0.29) is 11.9 Å². The van der Waals surface area contributed by atoms with E-state index in [1.54, 1.807) is 4.90 Å². The number of amides is 1. The molecule has 2 aliphatic heterocycles. The summed E-state index contributed by atoms with van der Waals surface area (Å²) < 4.78 is 5.02. The van der Waals surface area contributed by atoms with Crippen LogP contribution in [0.3, 0.4) is 0 Å². The lowest BCUT2D eigenvalue weighted by molar-refractivity contribution is -0.154. The van der Waals surface area contributed by atoms with E-state index in [0.717, 1.165) is 37.1 Å². The highest BCUT2D eigenvalue weighted by molar-refractivity contribution is 5.86. The standard InChI is InChI=1S/C26H29N3O3/c1-32-26(31)24-14-19-6-2-3-7-20(19)16-29(24)25(30)17-28-12-10-18(11-13-28)22-15-27-23-9-5-4-8-21(22)23/h2-9,15,18,24,27H,10-14,16-17H2,1H3. The van der Waals surface area contributed by atoms with Crippen molar-refractivity contribution in [1.82, 2.24) is 14.8 Å². The summed E-state index contributed by atoms with van der Waals surface area (Å²) >= 11 is 0. The normalized spacial score (nSPS) is 19.7. The van der Waals surface area contributed by atoms with Gasteiger partial charge in [0.15, 0.2) is 0 Å². The Morgan fingerprint density at radius 3 is 2.53 bits per heavy atom. The number of aromatic nitrogens is 1. The molecule has 0 spiro atoms. The Kier molecular flexibility index (Phi) is 5.70. The van der Waals surface area contributed by atoms with Gasteiger partial charge in [0.1, 0.15) is 6.04 Å². The van der Waals surface area contributed by atoms with E-state index in [0.29, 0.717) is 25.4 Å². The molecule has 1 amide bonds. The molecule has 1 N–H and O–H groups in total. The molecule has 0 saturated carbocycles. The van der Waals surface area contributed by atoms with Crippen molar-refractivity contribution < 1.29 is 14.3 Å². The topological polar surface area (TPSA) is 65.6 Å². The summed E-state index contributed by atoms with van der Waals surface area (Å²) in [6.07, 6.45) is 4.70. The first kappa shape index (κ1) is 20.8. The number of H-pyrrole nitrogens is 1. The molecule has 6 heteroatoms. The maximum absolute atomic E-state index is 13.3. The fraction of sp³-hybridized carbons (Fsp3) is 0.385. The van der Waals surface area contributed by atoms with Crippen LogP contribution in [0.2, 0.25) is 0 Å². The Hall–Kier alpha value is -3.12. The third-order valence-electron chi connectivity index (χ3n) is 7.05. The van der Waals surface area contributed by atoms with E-state index in [2.05, 4.69) is 40.3 Å². The number of para-hydroxylation sites is 1. The third-order valence-corrected chi connectivity index (χ3v) is 7.05. The number of hydrogen-bond acceptors (Lipinski definition) is 4. The van der Waals surface area contributed by atoms with Gasteiger partial charge in [-0.2, -0.15) is 0 Å². The summed E-state index contributed by atoms with van der Waals surface area (Å²) in [6, 6.07) is 15.9. The van der Waals surface area contributed by atoms with Crippen molar-refractivity contribution in [1.29, 1.82) is 0 Å². The zero-order valence-electron chi connectivity index (χ0n) is 18.4. The second kappa shape index (κ2) is 8.79. The van der Waals surface area contributed by atoms with E-state index in [1.165, 1.54) is 23.6 Å². The second-order valence-electron chi connectivity index (χ2n) is 8.87. The first-order valence-corrected chi connectivity index (χ1v) is 11.4. The van der Waals surface area contributed by atoms with Crippen LogP contribution in [0.1, 0.15) is 35.4 Å². The zero-order valence-corrected chi connectivity index (χ0v) is 18.4. The van der Waals surface area contributed by atoms with Crippen molar-refractivity contribution in [3.8, 4) is 0 Å². The SMILES string of the molecule is COC(=O)C1Cc2ccccc2CN1C(=O)CN1CCC(c2c[nH]c3ccccc23)CC1. The molecular weight excluding hydrogens is 402 g/mol. The molecule has 1 fully saturated rings. The van der Waals surface area contributed by atoms with Gasteiger partial charge < -0.3 is 14.6 Å². The van der Waals surface area contributed by atoms with Crippen LogP contribution < -0.4 is 0 Å². The number of esters is 1. The van der Waals surface area contributed by atoms with Crippen LogP contribution in [0.5, 0.6) is 0 Å². The minimum atomic E-state index is -0.550. The maximum atomic E-state index is 13.3. The van der Waals surface area contributed by atoms with Crippen molar-refractivity contribution in [3.63, 3.8) is 0 Å². The van der Waals surface area contributed by atoms with Gasteiger partial charge in [-0.15, -0.1) is 0 Å². The van der Waals surface area contributed by atoms with Crippen LogP contribution in [0.4, 0.5) is 0 Å². The van der Waals surface area contributed by atoms with E-state index < -0.39 is 6.04 Å². The van der Waals surface area contributed by atoms with Gasteiger partial charge in [-0.05, 0) is 54.6 Å². The van der Waals surface area contributed by atoms with Crippen molar-refractivity contribution in [3.05, 3.63) is 71.4 Å². The molecule has 2 aromatic carbocycles. The number of fused-ring (bicyclic) bond motifs is 2. The number of likely N-dealkylation sites (tertiary alicyclic amines) is 1. The average molecular weight is 432 g/mol. The van der Waals surface area contributed by atoms with Crippen molar-refractivity contribution in [2.75, 3.05) is 26.7 Å². The number of rotatable bonds is 4. The number of carbonyl (C=O) groups is 2. The second-order valence-corrected chi connectivity index (χ2v) is 8.87. The third kappa shape index (κ3) is 3.91. The lowest BCUT2D eigenvalue weighted by atomic mass is 9.89. The molecular formula is C26H29N3O3. The molecule has 6 nitrogen and oxygen atoms in total. The highest BCUT2D eigenvalue weighted by Gasteiger charge is 2.36. The molecule has 1 saturated heterocycles. The summed E-state index contributed by atoms with van der Waals surface area (Å²) in [7, 11) is 1.39. The van der Waals surface area contributed by atoms with Gasteiger partial charge in [0.05, 0.1) is 13.7 Å². The number of methoxy groups -OCH3 is 1. The molecule has 32 heavy (non-hydrogen) atoms. The van der Waals surface area contributed by atoms with Gasteiger partial charge in [0.2, 0.25) is 5.91 Å². The highest BCUT2D eigenvalue weighted by Crippen LogP contribution is 2.33. The molecule has 3 aromatic rings. The van der Waals surface area contributed by atoms with Crippen LogP contribution in [0, 0.1) is 0 Å². The van der Waals surface area contributed by atoms with Crippen LogP contribution in [0.25, 0.3) is 10.9 Å². The Labute approximate surface area is 188 Å². The van der Waals surface area contributed by atoms with E-state index in [1.807, 2.05) is 24.3 Å². The van der Waals surface area contributed by atoms with Crippen molar-refractivity contribution in [2.24, 2.45) is 0 Å². The molecule has 166 valence electrons. The number of ether oxygens (including phenoxy) is 1. The van der Waals surface area contributed by atoms with Gasteiger partial charge in [0, 0.05) is 30.1 Å². The van der Waals surface area contributed by atoms with Crippen molar-refractivity contribution >= 4 is 22.8 Å². The first-order chi connectivity index (χ1) is 15.6. The Bertz CT molecular complexity index is 1130. The van der Waals surface area contributed by atoms with E-state index >= 15 is 0 Å². The molecule has 0 aliphatic carbocycles. The number of benzene rings is 2. The minimum absolute atomic E-state index is 0.000414. The van der Waals surface area contributed by atoms with Gasteiger partial charge in [0.25, 0.3) is 0 Å². The summed E-state index contributed by atoms with van der Waals surface area (Å²) in [5.41, 5.74) is 4.79. The number of nitrogens with zero attached hydrogens (tertiary/aromatic N) is 2. The quantitative estimate of drug-likeness (QED) is 0.643. The molecule has 0 bridgehead atoms. The largest absolute Gasteiger partial charge is 0.467 e. The number of hydrogen-bond donors (Lipinski definition) is 1. The summed E-state index contributed by atoms with van der Waals surface area (Å²) in [6.45, 7) is 2.56. The van der Waals surface area contributed by atoms with Crippen LogP contribution in [-0.2, 0) is 27.3 Å². The molecule has 1 aromatic heterocycles. The monoisotopic (exact) mass is 431 g/mol. The van der Waals surface area contributed by atoms with Gasteiger partial charge >= 0.3 is 5.97 Å². The molecule has 3 heterocycles. The predicted molar refractivity (Wildman–Crippen MR) is 123 cm³/mol. The number of aromatic amines is 1. The highest BCUT2D eigenvalue weighted by atomic mass is 16.5. The van der Waals surface area contributed by atoms with Crippen LogP contribution in [-0.4, -0.2) is 59.4 Å². The summed E-state index contributed by atoms with van der Waals surface area (Å²) in [5.74, 6) is 0.161. The van der Waals surface area contributed by atoms with Gasteiger partial charge in [-0.3, -0.25) is 9.69 Å². The minimum Gasteiger partial charge on any atom is -0.467 e. The first-order valence-electron chi connectivity index (χ1n) is 11.4. The average Bonchev–Trinajstić information content (AvgIpc) is 3.27. The molecule has 2 aliphatic rings. The van der Waals surface area contributed by atoms with E-state index in [4.69, 9.17) is 4.74 Å². The lowest BCUT2D eigenvalue weighted by Gasteiger charge is -2.37. The molecule has 1 atom stereocenters. The Morgan fingerprint density at radius 2 is 1.75 bits per heavy atom. The molecule has 5 rings (SSSR count). The fourth-order valence-electron chi connectivity index (χ4n) is 5.25. The number of piperidine rings is 1. The fourth-order valence-corrected chi connectivity index (χ4v) is 5.25. The summed E-state index contributed by atoms with van der Waals surface area (Å²) in [5, 5.41) is 1.30. The Balaban J connectivity index is 1.24. The molecule has 0 radical (unpaired) electrons. The van der Waals surface area contributed by atoms with Gasteiger partial charge in [-0.25, -0.2) is 4.79 Å². The Morgan fingerprint density at radius 1 is 1.03 bits per heavy atom. The molecule has 1 unspecified atom stereocenters. The number of carbonyl (C=O) groups excluding carboxylic acids is 2. The predicted octanol–water partition coefficient (Wildman–Crippen LogP) is 3.47. The van der Waals surface area contributed by atoms with Crippen LogP contribution in [0.15, 0.2) is 54.7 Å². The van der Waals surface area contributed by atoms with Gasteiger partial charge in [-0.1, -0.05) is 42.5 Å². The lowest BCUT2D eigenvalue weighted by Crippen LogP contribution is -2.52. The van der Waals surface area contributed by atoms with Crippen molar-refractivity contribution in [2.45, 2.75) is 37.8 Å². The maximum Gasteiger partial charge on any atom is 0.328 e. The van der Waals surface area contributed by atoms with Crippen LogP contribution >= 0.6 is 0 Å². The summed E-state index contributed by atoms with van der Waals surface area (Å²) in [4.78, 5) is 33.0.